The number of carbonyl (C=O) groups excluding carboxylic acids is 1. The van der Waals surface area contributed by atoms with Crippen LogP contribution in [0.1, 0.15) is 232 Å². The number of aliphatic hydroxyl groups excluding tert-OH is 11. The summed E-state index contributed by atoms with van der Waals surface area (Å²) in [6, 6.07) is -1.03. The second kappa shape index (κ2) is 54.7. The molecule has 0 aromatic heterocycles. The van der Waals surface area contributed by atoms with E-state index in [0.29, 0.717) is 19.3 Å². The van der Waals surface area contributed by atoms with E-state index < -0.39 is 131 Å². The molecule has 3 aliphatic heterocycles. The van der Waals surface area contributed by atoms with Gasteiger partial charge in [-0.05, 0) is 83.5 Å². The normalized spacial score (nSPS) is 28.1. The van der Waals surface area contributed by atoms with Crippen molar-refractivity contribution in [2.75, 3.05) is 26.4 Å². The SMILES string of the molecule is CC/C=C\C/C=C\C/C=C\C/C=C\C/C=C\CCCC(=O)NC(COC1OC(CO)C(OC2OC(CO)C(OC3OC(CO)C(O)C(O)C3O)C(O)C2O)C(O)C1O)C(O)/C=C/CC/C=C/CC/C=C/CCCCCCCCCCCCCCCCCCCCCCC. The first-order chi connectivity index (χ1) is 45.3. The van der Waals surface area contributed by atoms with Gasteiger partial charge in [0.05, 0.1) is 38.6 Å². The van der Waals surface area contributed by atoms with E-state index in [2.05, 4.69) is 92.1 Å². The molecule has 93 heavy (non-hydrogen) atoms. The Bertz CT molecular complexity index is 2060. The predicted molar refractivity (Wildman–Crippen MR) is 364 cm³/mol. The molecule has 17 atom stereocenters. The lowest BCUT2D eigenvalue weighted by molar-refractivity contribution is -0.379. The molecule has 0 radical (unpaired) electrons. The van der Waals surface area contributed by atoms with Gasteiger partial charge in [0, 0.05) is 6.42 Å². The lowest BCUT2D eigenvalue weighted by atomic mass is 9.96. The van der Waals surface area contributed by atoms with Crippen molar-refractivity contribution >= 4 is 5.91 Å². The van der Waals surface area contributed by atoms with Gasteiger partial charge in [-0.25, -0.2) is 0 Å². The van der Waals surface area contributed by atoms with Gasteiger partial charge in [0.1, 0.15) is 73.2 Å². The highest BCUT2D eigenvalue weighted by molar-refractivity contribution is 5.76. The zero-order valence-electron chi connectivity index (χ0n) is 56.7. The number of allylic oxidation sites excluding steroid dienone is 15. The van der Waals surface area contributed by atoms with Crippen LogP contribution in [0.5, 0.6) is 0 Å². The van der Waals surface area contributed by atoms with Crippen molar-refractivity contribution in [3.05, 3.63) is 97.2 Å². The van der Waals surface area contributed by atoms with Crippen molar-refractivity contribution in [2.24, 2.45) is 0 Å². The van der Waals surface area contributed by atoms with Gasteiger partial charge < -0.3 is 89.9 Å². The maximum atomic E-state index is 13.4. The molecule has 0 aliphatic carbocycles. The van der Waals surface area contributed by atoms with E-state index in [-0.39, 0.29) is 12.3 Å². The third-order valence-electron chi connectivity index (χ3n) is 17.3. The molecule has 0 aromatic carbocycles. The van der Waals surface area contributed by atoms with Gasteiger partial charge in [-0.3, -0.25) is 4.79 Å². The molecule has 3 saturated heterocycles. The quantitative estimate of drug-likeness (QED) is 0.0199. The zero-order valence-corrected chi connectivity index (χ0v) is 56.7. The highest BCUT2D eigenvalue weighted by Gasteiger charge is 2.53. The Morgan fingerprint density at radius 1 is 0.398 bits per heavy atom. The molecule has 3 heterocycles. The van der Waals surface area contributed by atoms with Crippen LogP contribution in [0.2, 0.25) is 0 Å². The minimum atomic E-state index is -1.99. The van der Waals surface area contributed by atoms with Crippen molar-refractivity contribution in [3.8, 4) is 0 Å². The molecular formula is C74H127NO18. The third kappa shape index (κ3) is 36.2. The van der Waals surface area contributed by atoms with Gasteiger partial charge in [-0.1, -0.05) is 239 Å². The highest BCUT2D eigenvalue weighted by atomic mass is 16.8. The lowest BCUT2D eigenvalue weighted by Gasteiger charge is -2.48. The molecule has 536 valence electrons. The Morgan fingerprint density at radius 3 is 1.20 bits per heavy atom. The first kappa shape index (κ1) is 83.9. The largest absolute Gasteiger partial charge is 0.394 e. The van der Waals surface area contributed by atoms with Gasteiger partial charge in [0.15, 0.2) is 18.9 Å². The number of ether oxygens (including phenoxy) is 6. The zero-order chi connectivity index (χ0) is 67.5. The average Bonchev–Trinajstić information content (AvgIpc) is 0.815. The van der Waals surface area contributed by atoms with Crippen LogP contribution in [0, 0.1) is 0 Å². The van der Waals surface area contributed by atoms with Crippen molar-refractivity contribution in [3.63, 3.8) is 0 Å². The summed E-state index contributed by atoms with van der Waals surface area (Å²) in [5, 5.41) is 120. The topological polar surface area (TPSA) is 307 Å². The number of hydrogen-bond donors (Lipinski definition) is 12. The molecule has 3 fully saturated rings. The molecule has 3 rings (SSSR count). The van der Waals surface area contributed by atoms with Crippen LogP contribution < -0.4 is 5.32 Å². The number of unbranched alkanes of at least 4 members (excludes halogenated alkanes) is 24. The lowest BCUT2D eigenvalue weighted by Crippen LogP contribution is -2.66. The van der Waals surface area contributed by atoms with Gasteiger partial charge in [0.25, 0.3) is 0 Å². The standard InChI is InChI=1S/C74H127NO18/c1-3-5-7-9-11-13-15-17-19-21-22-23-24-25-26-27-28-29-30-31-32-33-34-36-37-39-41-43-45-47-49-51-58(79)57(75-62(80)52-50-48-46-44-42-40-38-35-20-18-16-14-12-10-8-6-4-2)56-88-72-68(86)65(83)70(60(54-77)90-72)93-74-69(87)66(84)71(61(55-78)91-74)92-73-67(85)64(82)63(81)59(53-76)89-73/h6,8,12,14,18,20,34,36,38,40-41,43-44,46,49,51,57-61,63-74,76-79,81-87H,3-5,7,9-11,13,15-17,19,21-33,35,37,39,42,45,47-48,50,52-56H2,1-2H3,(H,75,80)/b8-6-,14-12-,20-18-,36-34+,40-38-,43-41+,46-44-,51-49+. The molecule has 0 aromatic rings. The van der Waals surface area contributed by atoms with Crippen LogP contribution in [-0.4, -0.2) is 193 Å². The van der Waals surface area contributed by atoms with Crippen LogP contribution in [-0.2, 0) is 33.2 Å². The first-order valence-corrected chi connectivity index (χ1v) is 36.0. The molecule has 19 heteroatoms. The van der Waals surface area contributed by atoms with Gasteiger partial charge in [0.2, 0.25) is 5.91 Å². The Hall–Kier alpha value is -3.29. The second-order valence-corrected chi connectivity index (χ2v) is 25.3. The first-order valence-electron chi connectivity index (χ1n) is 36.0. The number of hydrogen-bond acceptors (Lipinski definition) is 18. The summed E-state index contributed by atoms with van der Waals surface area (Å²) in [6.45, 7) is 1.55. The molecule has 0 saturated carbocycles. The van der Waals surface area contributed by atoms with Crippen LogP contribution in [0.4, 0.5) is 0 Å². The third-order valence-corrected chi connectivity index (χ3v) is 17.3. The molecule has 12 N–H and O–H groups in total. The summed E-state index contributed by atoms with van der Waals surface area (Å²) in [5.41, 5.74) is 0. The summed E-state index contributed by atoms with van der Waals surface area (Å²) in [6.07, 6.45) is 45.6. The predicted octanol–water partition coefficient (Wildman–Crippen LogP) is 10.0. The van der Waals surface area contributed by atoms with E-state index in [9.17, 15) is 61.0 Å². The molecule has 0 spiro atoms. The fraction of sp³-hybridized carbons (Fsp3) is 0.770. The van der Waals surface area contributed by atoms with Crippen molar-refractivity contribution in [1.82, 2.24) is 5.32 Å². The van der Waals surface area contributed by atoms with Crippen LogP contribution in [0.15, 0.2) is 97.2 Å². The van der Waals surface area contributed by atoms with Gasteiger partial charge in [-0.15, -0.1) is 0 Å². The van der Waals surface area contributed by atoms with Crippen LogP contribution in [0.3, 0.4) is 0 Å². The van der Waals surface area contributed by atoms with Crippen molar-refractivity contribution < 1.29 is 89.4 Å². The number of carbonyl (C=O) groups is 1. The maximum absolute atomic E-state index is 13.4. The highest BCUT2D eigenvalue weighted by Crippen LogP contribution is 2.33. The van der Waals surface area contributed by atoms with Crippen molar-refractivity contribution in [1.29, 1.82) is 0 Å². The van der Waals surface area contributed by atoms with Crippen molar-refractivity contribution in [2.45, 2.75) is 336 Å². The average molecular weight is 1320 g/mol. The second-order valence-electron chi connectivity index (χ2n) is 25.3. The Morgan fingerprint density at radius 2 is 0.753 bits per heavy atom. The van der Waals surface area contributed by atoms with E-state index >= 15 is 0 Å². The monoisotopic (exact) mass is 1320 g/mol. The molecule has 3 aliphatic rings. The van der Waals surface area contributed by atoms with Crippen LogP contribution >= 0.6 is 0 Å². The fourth-order valence-electron chi connectivity index (χ4n) is 11.6. The Kier molecular flexibility index (Phi) is 49.4. The summed E-state index contributed by atoms with van der Waals surface area (Å²) >= 11 is 0. The minimum Gasteiger partial charge on any atom is -0.394 e. The van der Waals surface area contributed by atoms with Crippen LogP contribution in [0.25, 0.3) is 0 Å². The minimum absolute atomic E-state index is 0.148. The van der Waals surface area contributed by atoms with Gasteiger partial charge >= 0.3 is 0 Å². The number of aliphatic hydroxyl groups is 11. The summed E-state index contributed by atoms with van der Waals surface area (Å²) in [5.74, 6) is -0.349. The molecular weight excluding hydrogens is 1190 g/mol. The number of rotatable bonds is 54. The molecule has 19 nitrogen and oxygen atoms in total. The summed E-state index contributed by atoms with van der Waals surface area (Å²) in [7, 11) is 0. The van der Waals surface area contributed by atoms with Gasteiger partial charge in [-0.2, -0.15) is 0 Å². The summed E-state index contributed by atoms with van der Waals surface area (Å²) in [4.78, 5) is 13.4. The van der Waals surface area contributed by atoms with E-state index in [4.69, 9.17) is 28.4 Å². The number of amides is 1. The molecule has 0 bridgehead atoms. The number of nitrogens with one attached hydrogen (secondary N) is 1. The Labute approximate surface area is 558 Å². The fourth-order valence-corrected chi connectivity index (χ4v) is 11.6. The van der Waals surface area contributed by atoms with E-state index in [1.54, 1.807) is 6.08 Å². The maximum Gasteiger partial charge on any atom is 0.220 e. The molecule has 1 amide bonds. The molecule has 17 unspecified atom stereocenters. The van der Waals surface area contributed by atoms with E-state index in [0.717, 1.165) is 57.8 Å². The van der Waals surface area contributed by atoms with E-state index in [1.807, 2.05) is 18.2 Å². The van der Waals surface area contributed by atoms with E-state index in [1.165, 1.54) is 135 Å². The Balaban J connectivity index is 1.43. The smallest absolute Gasteiger partial charge is 0.220 e. The summed E-state index contributed by atoms with van der Waals surface area (Å²) < 4.78 is 34.3.